The maximum Gasteiger partial charge on any atom is 0.231 e. The van der Waals surface area contributed by atoms with Gasteiger partial charge >= 0.3 is 0 Å². The summed E-state index contributed by atoms with van der Waals surface area (Å²) in [5.41, 5.74) is 13.6. The van der Waals surface area contributed by atoms with Gasteiger partial charge in [0, 0.05) is 41.9 Å². The van der Waals surface area contributed by atoms with E-state index in [2.05, 4.69) is 290 Å². The first-order chi connectivity index (χ1) is 68.6. The summed E-state index contributed by atoms with van der Waals surface area (Å²) >= 11 is 6.01. The number of ether oxygens (including phenoxy) is 9. The average Bonchev–Trinajstić information content (AvgIpc) is 1.66. The quantitative estimate of drug-likeness (QED) is 0.0367. The van der Waals surface area contributed by atoms with Crippen LogP contribution in [0.3, 0.4) is 0 Å². The smallest absolute Gasteiger partial charge is 0.231 e. The second-order valence-electron chi connectivity index (χ2n) is 45.0. The topological polar surface area (TPSA) is 109 Å². The Balaban J connectivity index is 0.000000543. The molecular weight excluding hydrogens is 1840 g/mol. The highest BCUT2D eigenvalue weighted by Crippen LogP contribution is 2.42. The van der Waals surface area contributed by atoms with Gasteiger partial charge in [-0.2, -0.15) is 0 Å². The lowest BCUT2D eigenvalue weighted by molar-refractivity contribution is 0.170. The van der Waals surface area contributed by atoms with E-state index in [1.54, 1.807) is 30.3 Å². The summed E-state index contributed by atoms with van der Waals surface area (Å²) in [6.07, 6.45) is 10.6. The van der Waals surface area contributed by atoms with Crippen molar-refractivity contribution >= 4 is 11.6 Å². The first-order valence-corrected chi connectivity index (χ1v) is 54.9. The number of hydrogen-bond donors (Lipinski definition) is 0. The van der Waals surface area contributed by atoms with E-state index < -0.39 is 0 Å². The van der Waals surface area contributed by atoms with Crippen molar-refractivity contribution in [1.29, 1.82) is 0 Å². The van der Waals surface area contributed by atoms with Crippen LogP contribution in [0.15, 0.2) is 194 Å². The van der Waals surface area contributed by atoms with Crippen molar-refractivity contribution < 1.29 is 60.2 Å². The lowest BCUT2D eigenvalue weighted by atomic mass is 9.78. The SMILES string of the molecule is CC(C)COc1cc(F)cc(C(C)C)c1.CC(C)COc1ccc(C(C)C)cc1.CC(C)COc1ccc(C(C)C)cn1.CC(C)COc1ccc(F)c(C(C)C)c1.CC(C)COc1cccc(C(C)C)c1.CC(C)COc1ccnc(C(C)C)c1.CC(C)c1ccc(C(C)C)cc1.CC(C)c1ccc(F)c2c1OCO2.CC1CCC(C(C)C)CC1.CCCOc1cc(C(C)C)ccc1Cl.Cc1ccc(C(C)C)c(F)c1. The van der Waals surface area contributed by atoms with Gasteiger partial charge in [-0.1, -0.05) is 366 Å². The highest BCUT2D eigenvalue weighted by Gasteiger charge is 2.24. The molecular formula is C130H195ClF4N2O9. The number of hydrogen-bond acceptors (Lipinski definition) is 11. The molecule has 3 heterocycles. The Morgan fingerprint density at radius 3 is 1.18 bits per heavy atom. The van der Waals surface area contributed by atoms with Crippen molar-refractivity contribution in [3.05, 3.63) is 290 Å². The van der Waals surface area contributed by atoms with Gasteiger partial charge < -0.3 is 42.6 Å². The zero-order chi connectivity index (χ0) is 110. The standard InChI is InChI=1S/2C13H19FO.2C13H20O.C12H17ClO.2C12H19NO.C12H18.C10H11FO2.C10H13F.C10H20/c1-9(2)8-15-13-6-11(10(3)4)5-12(14)7-13;1-9(2)8-15-11-5-6-13(14)12(7-11)10(3)4;1-10(2)9-14-13-7-5-12(6-8-13)11(3)4;1-10(2)9-14-13-7-5-6-12(8-13)11(3)4;1-4-7-14-12-8-10(9(2)3)5-6-11(12)13;1-9(2)8-14-11-5-6-13-12(7-11)10(3)4;1-9(2)8-14-12-6-5-11(7-13-12)10(3)4;1-9(2)11-5-7-12(8-6-11)10(3)4;1-6(2)7-3-4-8(11)10-9(7)12-5-13-10;1-7(2)9-5-4-8(3)6-10(9)11;1-8(2)10-6-4-9(3)5-7-10/h2*5-7,9-10H,8H2,1-4H3;2*5-8,10-11H,9H2,1-4H3;5-6,8-9H,4,7H2,1-3H3;2*5-7,9-10H,8H2,1-4H3;5-10H,1-4H3;3-4,6H,5H2,1-2H3;4-7H,1-3H3;8-10H,4-7H2,1-3H3. The zero-order valence-electron chi connectivity index (χ0n) is 97.7. The number of halogens is 5. The third-order valence-electron chi connectivity index (χ3n) is 23.7. The van der Waals surface area contributed by atoms with E-state index in [1.807, 2.05) is 135 Å². The van der Waals surface area contributed by atoms with E-state index in [0.717, 1.165) is 125 Å². The summed E-state index contributed by atoms with van der Waals surface area (Å²) in [4.78, 5) is 8.54. The Labute approximate surface area is 891 Å². The first kappa shape index (κ1) is 132. The molecule has 12 rings (SSSR count). The van der Waals surface area contributed by atoms with Crippen LogP contribution in [0.1, 0.15) is 427 Å². The predicted octanol–water partition coefficient (Wildman–Crippen LogP) is 39.7. The van der Waals surface area contributed by atoms with Gasteiger partial charge in [0.15, 0.2) is 11.6 Å². The second-order valence-corrected chi connectivity index (χ2v) is 45.4. The molecule has 0 spiro atoms. The highest BCUT2D eigenvalue weighted by molar-refractivity contribution is 6.32. The van der Waals surface area contributed by atoms with Crippen LogP contribution >= 0.6 is 11.6 Å². The zero-order valence-corrected chi connectivity index (χ0v) is 98.4. The van der Waals surface area contributed by atoms with Crippen LogP contribution in [0, 0.1) is 83.5 Å². The summed E-state index contributed by atoms with van der Waals surface area (Å²) in [5.74, 6) is 17.0. The van der Waals surface area contributed by atoms with E-state index in [9.17, 15) is 17.6 Å². The van der Waals surface area contributed by atoms with Crippen molar-refractivity contribution in [1.82, 2.24) is 9.97 Å². The molecule has 0 N–H and O–H groups in total. The van der Waals surface area contributed by atoms with E-state index in [4.69, 9.17) is 54.2 Å². The fourth-order valence-corrected chi connectivity index (χ4v) is 14.3. The Bertz CT molecular complexity index is 4960. The molecule has 1 aliphatic heterocycles. The van der Waals surface area contributed by atoms with Crippen LogP contribution in [0.4, 0.5) is 17.6 Å². The summed E-state index contributed by atoms with van der Waals surface area (Å²) in [6, 6.07) is 58.0. The maximum absolute atomic E-state index is 13.4. The van der Waals surface area contributed by atoms with Crippen LogP contribution in [0.2, 0.25) is 5.02 Å². The fourth-order valence-electron chi connectivity index (χ4n) is 14.1. The van der Waals surface area contributed by atoms with Crippen LogP contribution in [-0.4, -0.2) is 63.0 Å². The summed E-state index contributed by atoms with van der Waals surface area (Å²) in [5, 5.41) is 0.697. The number of pyridine rings is 2. The van der Waals surface area contributed by atoms with E-state index in [0.29, 0.717) is 119 Å². The molecule has 1 aliphatic carbocycles. The Kier molecular flexibility index (Phi) is 65.1. The molecule has 0 bridgehead atoms. The number of fused-ring (bicyclic) bond motifs is 1. The highest BCUT2D eigenvalue weighted by atomic mass is 35.5. The molecule has 11 nitrogen and oxygen atoms in total. The van der Waals surface area contributed by atoms with Gasteiger partial charge in [-0.05, 0) is 285 Å². The largest absolute Gasteiger partial charge is 0.493 e. The minimum Gasteiger partial charge on any atom is -0.493 e. The summed E-state index contributed by atoms with van der Waals surface area (Å²) in [7, 11) is 0. The van der Waals surface area contributed by atoms with Gasteiger partial charge in [0.25, 0.3) is 0 Å². The third kappa shape index (κ3) is 56.0. The summed E-state index contributed by atoms with van der Waals surface area (Å²) in [6.45, 7) is 88.5. The number of aryl methyl sites for hydroxylation is 1. The first-order valence-electron chi connectivity index (χ1n) is 54.5. The molecule has 2 aromatic heterocycles. The summed E-state index contributed by atoms with van der Waals surface area (Å²) < 4.78 is 102. The lowest BCUT2D eigenvalue weighted by Gasteiger charge is -2.28. The van der Waals surface area contributed by atoms with Crippen molar-refractivity contribution in [3.8, 4) is 51.9 Å². The molecule has 814 valence electrons. The van der Waals surface area contributed by atoms with E-state index in [1.165, 1.54) is 77.3 Å². The molecule has 16 heteroatoms. The number of rotatable bonds is 33. The molecule has 146 heavy (non-hydrogen) atoms. The van der Waals surface area contributed by atoms with Crippen LogP contribution < -0.4 is 42.6 Å². The molecule has 1 saturated carbocycles. The van der Waals surface area contributed by atoms with Crippen molar-refractivity contribution in [2.24, 2.45) is 53.3 Å². The van der Waals surface area contributed by atoms with Gasteiger partial charge in [0.05, 0.1) is 51.3 Å². The van der Waals surface area contributed by atoms with Gasteiger partial charge in [-0.3, -0.25) is 4.98 Å². The van der Waals surface area contributed by atoms with Gasteiger partial charge in [-0.15, -0.1) is 0 Å². The number of benzene rings is 8. The van der Waals surface area contributed by atoms with Crippen LogP contribution in [0.25, 0.3) is 0 Å². The average molecular weight is 2040 g/mol. The van der Waals surface area contributed by atoms with Crippen LogP contribution in [-0.2, 0) is 0 Å². The molecule has 1 fully saturated rings. The number of nitrogens with zero attached hydrogens (tertiary/aromatic N) is 2. The second kappa shape index (κ2) is 71.8. The maximum atomic E-state index is 13.4. The van der Waals surface area contributed by atoms with Crippen LogP contribution in [0.5, 0.6) is 51.9 Å². The van der Waals surface area contributed by atoms with Gasteiger partial charge in [0.1, 0.15) is 51.9 Å². The van der Waals surface area contributed by atoms with Gasteiger partial charge in [0.2, 0.25) is 18.4 Å². The lowest BCUT2D eigenvalue weighted by Crippen LogP contribution is -2.16. The minimum atomic E-state index is -0.350. The Morgan fingerprint density at radius 2 is 0.733 bits per heavy atom. The molecule has 0 saturated heterocycles. The van der Waals surface area contributed by atoms with E-state index in [-0.39, 0.29) is 47.6 Å². The molecule has 0 unspecified atom stereocenters. The molecule has 0 radical (unpaired) electrons. The van der Waals surface area contributed by atoms with Crippen molar-refractivity contribution in [3.63, 3.8) is 0 Å². The molecule has 0 atom stereocenters. The van der Waals surface area contributed by atoms with E-state index >= 15 is 0 Å². The number of aromatic nitrogens is 2. The van der Waals surface area contributed by atoms with Crippen molar-refractivity contribution in [2.75, 3.05) is 53.0 Å². The molecule has 2 aliphatic rings. The fraction of sp³-hybridized carbons (Fsp3) is 0.554. The third-order valence-corrected chi connectivity index (χ3v) is 24.0. The minimum absolute atomic E-state index is 0.0833. The molecule has 8 aromatic carbocycles. The Morgan fingerprint density at radius 1 is 0.322 bits per heavy atom. The predicted molar refractivity (Wildman–Crippen MR) is 614 cm³/mol. The Hall–Kier alpha value is -9.73. The van der Waals surface area contributed by atoms with Crippen molar-refractivity contribution in [2.45, 2.75) is 367 Å². The monoisotopic (exact) mass is 2040 g/mol. The normalized spacial score (nSPS) is 12.9. The van der Waals surface area contributed by atoms with Gasteiger partial charge in [-0.25, -0.2) is 22.5 Å². The molecule has 10 aromatic rings. The molecule has 0 amide bonds.